The predicted octanol–water partition coefficient (Wildman–Crippen LogP) is -0.182. The highest BCUT2D eigenvalue weighted by Gasteiger charge is 2.50. The Morgan fingerprint density at radius 2 is 1.90 bits per heavy atom. The maximum absolute atomic E-state index is 12.6. The molecular weight excluding hydrogens is 408 g/mol. The number of aromatic nitrogens is 4. The minimum absolute atomic E-state index is 0.118. The minimum atomic E-state index is -0.260. The van der Waals surface area contributed by atoms with E-state index < -0.39 is 0 Å². The van der Waals surface area contributed by atoms with Gasteiger partial charge in [0.15, 0.2) is 17.3 Å². The molecule has 2 aromatic rings. The van der Waals surface area contributed by atoms with Crippen LogP contribution in [0.2, 0.25) is 0 Å². The van der Waals surface area contributed by atoms with Gasteiger partial charge in [-0.05, 0) is 28.6 Å². The maximum atomic E-state index is 12.6. The summed E-state index contributed by atoms with van der Waals surface area (Å²) in [5, 5.41) is 15.3. The van der Waals surface area contributed by atoms with Crippen molar-refractivity contribution in [2.24, 2.45) is 0 Å². The number of ether oxygens (including phenoxy) is 5. The van der Waals surface area contributed by atoms with Gasteiger partial charge in [0.25, 0.3) is 0 Å². The molecule has 0 saturated carbocycles. The topological polar surface area (TPSA) is 122 Å². The van der Waals surface area contributed by atoms with Gasteiger partial charge in [0.1, 0.15) is 18.2 Å². The average molecular weight is 430 g/mol. The molecule has 12 nitrogen and oxygen atoms in total. The number of carbonyl (C=O) groups is 1. The fourth-order valence-corrected chi connectivity index (χ4v) is 4.47. The number of tetrazole rings is 1. The number of urea groups is 1. The summed E-state index contributed by atoms with van der Waals surface area (Å²) in [6, 6.07) is 5.05. The van der Waals surface area contributed by atoms with Crippen LogP contribution in [0.4, 0.5) is 4.79 Å². The summed E-state index contributed by atoms with van der Waals surface area (Å²) in [6.45, 7) is 3.25. The van der Waals surface area contributed by atoms with Crippen molar-refractivity contribution in [3.05, 3.63) is 18.2 Å². The number of amides is 2. The molecule has 164 valence electrons. The number of nitrogens with one attached hydrogen (secondary N) is 1. The number of hydrogen-bond acceptors (Lipinski definition) is 9. The highest BCUT2D eigenvalue weighted by atomic mass is 16.7. The van der Waals surface area contributed by atoms with Gasteiger partial charge in [0.2, 0.25) is 6.79 Å². The van der Waals surface area contributed by atoms with Crippen LogP contribution in [0.5, 0.6) is 11.5 Å². The first-order valence-electron chi connectivity index (χ1n) is 10.3. The summed E-state index contributed by atoms with van der Waals surface area (Å²) >= 11 is 0. The van der Waals surface area contributed by atoms with Crippen molar-refractivity contribution >= 4 is 6.03 Å². The van der Waals surface area contributed by atoms with Gasteiger partial charge in [-0.1, -0.05) is 0 Å². The van der Waals surface area contributed by atoms with Crippen molar-refractivity contribution in [1.82, 2.24) is 30.4 Å². The van der Waals surface area contributed by atoms with E-state index in [9.17, 15) is 4.79 Å². The molecule has 4 aliphatic rings. The van der Waals surface area contributed by atoms with Crippen LogP contribution in [0.1, 0.15) is 6.04 Å². The van der Waals surface area contributed by atoms with E-state index in [-0.39, 0.29) is 37.1 Å². The van der Waals surface area contributed by atoms with Crippen LogP contribution in [-0.2, 0) is 14.2 Å². The first kappa shape index (κ1) is 18.8. The zero-order valence-corrected chi connectivity index (χ0v) is 16.7. The Balaban J connectivity index is 1.18. The lowest BCUT2D eigenvalue weighted by Gasteiger charge is -2.29. The van der Waals surface area contributed by atoms with E-state index in [1.165, 1.54) is 0 Å². The number of rotatable bonds is 3. The molecule has 3 saturated heterocycles. The van der Waals surface area contributed by atoms with Crippen molar-refractivity contribution in [2.45, 2.75) is 24.3 Å². The predicted molar refractivity (Wildman–Crippen MR) is 103 cm³/mol. The third-order valence-electron chi connectivity index (χ3n) is 6.07. The van der Waals surface area contributed by atoms with E-state index in [0.717, 1.165) is 5.56 Å². The first-order valence-corrected chi connectivity index (χ1v) is 10.3. The molecule has 31 heavy (non-hydrogen) atoms. The molecule has 0 spiro atoms. The van der Waals surface area contributed by atoms with Gasteiger partial charge in [0, 0.05) is 18.7 Å². The molecule has 0 bridgehead atoms. The average Bonchev–Trinajstić information content (AvgIpc) is 3.58. The number of carbonyl (C=O) groups excluding carboxylic acids is 1. The second-order valence-corrected chi connectivity index (χ2v) is 7.83. The standard InChI is InChI=1S/C19H22N6O6/c26-19(24-3-5-27-6-4-24)20-12-8-28-17-13(9-29-16(12)17)25-18(21-22-23-25)11-1-2-14-15(7-11)31-10-30-14/h1-2,7,12-13,16-17H,3-6,8-10H2,(H,20,26)/t12-,13+,16-,17+/m0/s1. The molecule has 0 unspecified atom stereocenters. The summed E-state index contributed by atoms with van der Waals surface area (Å²) in [5.74, 6) is 1.96. The van der Waals surface area contributed by atoms with Crippen LogP contribution in [0.15, 0.2) is 18.2 Å². The Morgan fingerprint density at radius 1 is 1.06 bits per heavy atom. The van der Waals surface area contributed by atoms with Crippen molar-refractivity contribution in [1.29, 1.82) is 0 Å². The molecular formula is C19H22N6O6. The summed E-state index contributed by atoms with van der Waals surface area (Å²) in [7, 11) is 0. The van der Waals surface area contributed by atoms with Crippen molar-refractivity contribution in [3.63, 3.8) is 0 Å². The second-order valence-electron chi connectivity index (χ2n) is 7.83. The highest BCUT2D eigenvalue weighted by molar-refractivity contribution is 5.74. The minimum Gasteiger partial charge on any atom is -0.454 e. The molecule has 4 aliphatic heterocycles. The van der Waals surface area contributed by atoms with Gasteiger partial charge >= 0.3 is 6.03 Å². The summed E-state index contributed by atoms with van der Waals surface area (Å²) in [6.07, 6.45) is -0.518. The zero-order valence-electron chi connectivity index (χ0n) is 16.7. The molecule has 0 radical (unpaired) electrons. The van der Waals surface area contributed by atoms with E-state index in [0.29, 0.717) is 56.8 Å². The zero-order chi connectivity index (χ0) is 20.8. The van der Waals surface area contributed by atoms with Crippen LogP contribution < -0.4 is 14.8 Å². The number of hydrogen-bond donors (Lipinski definition) is 1. The normalized spacial score (nSPS) is 29.2. The van der Waals surface area contributed by atoms with E-state index in [4.69, 9.17) is 23.7 Å². The van der Waals surface area contributed by atoms with Crippen LogP contribution in [0.25, 0.3) is 11.4 Å². The number of benzene rings is 1. The molecule has 0 aliphatic carbocycles. The molecule has 1 N–H and O–H groups in total. The van der Waals surface area contributed by atoms with Crippen molar-refractivity contribution in [3.8, 4) is 22.9 Å². The molecule has 1 aromatic carbocycles. The number of nitrogens with zero attached hydrogens (tertiary/aromatic N) is 5. The molecule has 12 heteroatoms. The van der Waals surface area contributed by atoms with Crippen molar-refractivity contribution < 1.29 is 28.5 Å². The van der Waals surface area contributed by atoms with Gasteiger partial charge in [-0.25, -0.2) is 9.48 Å². The lowest BCUT2D eigenvalue weighted by atomic mass is 10.1. The number of morpholine rings is 1. The first-order chi connectivity index (χ1) is 15.3. The van der Waals surface area contributed by atoms with Gasteiger partial charge < -0.3 is 33.9 Å². The third-order valence-corrected chi connectivity index (χ3v) is 6.07. The molecule has 1 aromatic heterocycles. The van der Waals surface area contributed by atoms with E-state index in [1.54, 1.807) is 9.58 Å². The fraction of sp³-hybridized carbons (Fsp3) is 0.579. The second kappa shape index (κ2) is 7.62. The molecule has 3 fully saturated rings. The SMILES string of the molecule is O=C(N[C@H]1CO[C@H]2[C@H]1OC[C@H]2n1nnnc1-c1ccc2c(c1)OCO2)N1CCOCC1. The summed E-state index contributed by atoms with van der Waals surface area (Å²) in [4.78, 5) is 14.3. The van der Waals surface area contributed by atoms with E-state index in [2.05, 4.69) is 20.8 Å². The quantitative estimate of drug-likeness (QED) is 0.706. The Bertz CT molecular complexity index is 979. The largest absolute Gasteiger partial charge is 0.454 e. The molecule has 4 atom stereocenters. The lowest BCUT2D eigenvalue weighted by molar-refractivity contribution is 0.0485. The summed E-state index contributed by atoms with van der Waals surface area (Å²) < 4.78 is 30.0. The molecule has 2 amide bonds. The van der Waals surface area contributed by atoms with Gasteiger partial charge in [0.05, 0.1) is 32.5 Å². The Labute approximate surface area is 177 Å². The van der Waals surface area contributed by atoms with Crippen molar-refractivity contribution in [2.75, 3.05) is 46.3 Å². The van der Waals surface area contributed by atoms with Crippen LogP contribution in [-0.4, -0.2) is 95.7 Å². The van der Waals surface area contributed by atoms with Crippen LogP contribution >= 0.6 is 0 Å². The fourth-order valence-electron chi connectivity index (χ4n) is 4.47. The molecule has 6 rings (SSSR count). The number of fused-ring (bicyclic) bond motifs is 2. The smallest absolute Gasteiger partial charge is 0.317 e. The Hall–Kier alpha value is -2.96. The highest BCUT2D eigenvalue weighted by Crippen LogP contribution is 2.38. The molecule has 5 heterocycles. The maximum Gasteiger partial charge on any atom is 0.317 e. The van der Waals surface area contributed by atoms with E-state index in [1.807, 2.05) is 18.2 Å². The monoisotopic (exact) mass is 430 g/mol. The van der Waals surface area contributed by atoms with Crippen LogP contribution in [0, 0.1) is 0 Å². The summed E-state index contributed by atoms with van der Waals surface area (Å²) in [5.41, 5.74) is 0.813. The van der Waals surface area contributed by atoms with Gasteiger partial charge in [-0.2, -0.15) is 0 Å². The Morgan fingerprint density at radius 3 is 2.81 bits per heavy atom. The lowest BCUT2D eigenvalue weighted by Crippen LogP contribution is -2.52. The Kier molecular flexibility index (Phi) is 4.62. The van der Waals surface area contributed by atoms with Crippen LogP contribution in [0.3, 0.4) is 0 Å². The van der Waals surface area contributed by atoms with Gasteiger partial charge in [-0.3, -0.25) is 0 Å². The van der Waals surface area contributed by atoms with Gasteiger partial charge in [-0.15, -0.1) is 5.10 Å². The van der Waals surface area contributed by atoms with E-state index >= 15 is 0 Å². The third kappa shape index (κ3) is 3.27.